The minimum atomic E-state index is -0.295. The van der Waals surface area contributed by atoms with Gasteiger partial charge >= 0.3 is 0 Å². The van der Waals surface area contributed by atoms with Crippen LogP contribution in [0.2, 0.25) is 5.02 Å². The van der Waals surface area contributed by atoms with Crippen molar-refractivity contribution in [1.29, 1.82) is 0 Å². The first-order valence-electron chi connectivity index (χ1n) is 10.6. The molecule has 0 saturated carbocycles. The largest absolute Gasteiger partial charge is 0.507 e. The van der Waals surface area contributed by atoms with Crippen LogP contribution in [0.15, 0.2) is 65.4 Å². The lowest BCUT2D eigenvalue weighted by Gasteiger charge is -2.07. The summed E-state index contributed by atoms with van der Waals surface area (Å²) in [6.07, 6.45) is 4.11. The maximum atomic E-state index is 12.7. The first kappa shape index (κ1) is 21.6. The Bertz CT molecular complexity index is 1490. The van der Waals surface area contributed by atoms with E-state index in [4.69, 9.17) is 11.6 Å². The average molecular weight is 477 g/mol. The third-order valence-corrected chi connectivity index (χ3v) is 5.88. The molecule has 10 heteroatoms. The van der Waals surface area contributed by atoms with Crippen molar-refractivity contribution in [3.8, 4) is 28.3 Å². The van der Waals surface area contributed by atoms with Gasteiger partial charge in [0.2, 0.25) is 0 Å². The zero-order valence-corrected chi connectivity index (χ0v) is 18.7. The molecule has 34 heavy (non-hydrogen) atoms. The van der Waals surface area contributed by atoms with Crippen LogP contribution < -0.4 is 21.5 Å². The lowest BCUT2D eigenvalue weighted by atomic mass is 10.0. The van der Waals surface area contributed by atoms with Gasteiger partial charge in [-0.3, -0.25) is 9.59 Å². The molecule has 172 valence electrons. The van der Waals surface area contributed by atoms with Crippen LogP contribution in [0.3, 0.4) is 0 Å². The second-order valence-corrected chi connectivity index (χ2v) is 8.22. The quantitative estimate of drug-likeness (QED) is 0.253. The van der Waals surface area contributed by atoms with Crippen LogP contribution in [0, 0.1) is 0 Å². The predicted octanol–water partition coefficient (Wildman–Crippen LogP) is 3.06. The fourth-order valence-corrected chi connectivity index (χ4v) is 4.08. The Morgan fingerprint density at radius 3 is 2.85 bits per heavy atom. The van der Waals surface area contributed by atoms with Crippen LogP contribution in [0.5, 0.6) is 5.75 Å². The van der Waals surface area contributed by atoms with Gasteiger partial charge in [0.1, 0.15) is 11.6 Å². The van der Waals surface area contributed by atoms with E-state index in [2.05, 4.69) is 30.9 Å². The summed E-state index contributed by atoms with van der Waals surface area (Å²) in [5, 5.41) is 19.8. The van der Waals surface area contributed by atoms with Crippen molar-refractivity contribution in [3.63, 3.8) is 0 Å². The van der Waals surface area contributed by atoms with Crippen molar-refractivity contribution in [2.24, 2.45) is 0 Å². The molecule has 1 amide bonds. The van der Waals surface area contributed by atoms with Crippen LogP contribution in [-0.2, 0) is 0 Å². The molecule has 5 rings (SSSR count). The molecule has 0 fully saturated rings. The van der Waals surface area contributed by atoms with Crippen LogP contribution in [0.4, 0.5) is 0 Å². The zero-order valence-electron chi connectivity index (χ0n) is 17.9. The molecule has 0 spiro atoms. The molecule has 0 aliphatic carbocycles. The Morgan fingerprint density at radius 2 is 2.06 bits per heavy atom. The number of hydrogen-bond donors (Lipinski definition) is 6. The third-order valence-electron chi connectivity index (χ3n) is 5.57. The summed E-state index contributed by atoms with van der Waals surface area (Å²) in [5.74, 6) is 0.0989. The summed E-state index contributed by atoms with van der Waals surface area (Å²) in [5.41, 5.74) is 3.77. The Hall–Kier alpha value is -4.24. The van der Waals surface area contributed by atoms with Crippen molar-refractivity contribution in [2.45, 2.75) is 6.42 Å². The van der Waals surface area contributed by atoms with Gasteiger partial charge in [0, 0.05) is 36.6 Å². The Kier molecular flexibility index (Phi) is 5.69. The van der Waals surface area contributed by atoms with Gasteiger partial charge in [0.05, 0.1) is 33.9 Å². The molecule has 4 aromatic rings. The van der Waals surface area contributed by atoms with Gasteiger partial charge < -0.3 is 31.0 Å². The number of carbonyl (C=O) groups is 1. The number of aromatic amines is 2. The average Bonchev–Trinajstić information content (AvgIpc) is 3.49. The molecule has 1 aliphatic rings. The highest BCUT2D eigenvalue weighted by Gasteiger charge is 2.17. The van der Waals surface area contributed by atoms with Crippen LogP contribution >= 0.6 is 11.6 Å². The number of hydrogen-bond acceptors (Lipinski definition) is 6. The summed E-state index contributed by atoms with van der Waals surface area (Å²) >= 11 is 6.38. The number of phenolic OH excluding ortho intramolecular Hbond substituents is 1. The Morgan fingerprint density at radius 1 is 1.18 bits per heavy atom. The maximum Gasteiger partial charge on any atom is 0.255 e. The summed E-state index contributed by atoms with van der Waals surface area (Å²) < 4.78 is 0. The zero-order chi connectivity index (χ0) is 23.7. The number of rotatable bonds is 6. The lowest BCUT2D eigenvalue weighted by Crippen LogP contribution is -2.26. The Balaban J connectivity index is 1.43. The van der Waals surface area contributed by atoms with E-state index in [0.29, 0.717) is 58.7 Å². The van der Waals surface area contributed by atoms with Crippen molar-refractivity contribution in [1.82, 2.24) is 30.9 Å². The molecule has 0 saturated heterocycles. The number of H-pyrrole nitrogens is 2. The van der Waals surface area contributed by atoms with E-state index < -0.39 is 0 Å². The minimum absolute atomic E-state index is 0.00328. The van der Waals surface area contributed by atoms with Crippen LogP contribution in [-0.4, -0.2) is 39.2 Å². The van der Waals surface area contributed by atoms with E-state index in [0.717, 1.165) is 5.70 Å². The summed E-state index contributed by atoms with van der Waals surface area (Å²) in [6.45, 7) is 1.15. The first-order chi connectivity index (χ1) is 16.5. The number of halogens is 1. The molecule has 2 aromatic carbocycles. The van der Waals surface area contributed by atoms with E-state index in [1.165, 1.54) is 6.07 Å². The van der Waals surface area contributed by atoms with Crippen molar-refractivity contribution < 1.29 is 9.90 Å². The van der Waals surface area contributed by atoms with Crippen LogP contribution in [0.1, 0.15) is 16.8 Å². The number of nitrogens with one attached hydrogen (secondary N) is 5. The predicted molar refractivity (Wildman–Crippen MR) is 130 cm³/mol. The second kappa shape index (κ2) is 8.95. The molecule has 2 aromatic heterocycles. The van der Waals surface area contributed by atoms with Gasteiger partial charge in [0.15, 0.2) is 0 Å². The summed E-state index contributed by atoms with van der Waals surface area (Å²) in [4.78, 5) is 35.2. The number of imidazole rings is 1. The fourth-order valence-electron chi connectivity index (χ4n) is 3.83. The number of aromatic nitrogens is 3. The highest BCUT2D eigenvalue weighted by Crippen LogP contribution is 2.33. The van der Waals surface area contributed by atoms with Gasteiger partial charge in [-0.1, -0.05) is 17.7 Å². The molecule has 6 N–H and O–H groups in total. The van der Waals surface area contributed by atoms with E-state index in [1.54, 1.807) is 42.6 Å². The molecule has 3 heterocycles. The van der Waals surface area contributed by atoms with Gasteiger partial charge in [-0.05, 0) is 42.0 Å². The summed E-state index contributed by atoms with van der Waals surface area (Å²) in [7, 11) is 0. The highest BCUT2D eigenvalue weighted by molar-refractivity contribution is 6.34. The van der Waals surface area contributed by atoms with E-state index in [1.807, 2.05) is 6.20 Å². The normalized spacial score (nSPS) is 12.8. The molecule has 9 nitrogen and oxygen atoms in total. The number of phenols is 1. The topological polar surface area (TPSA) is 135 Å². The first-order valence-corrected chi connectivity index (χ1v) is 11.0. The van der Waals surface area contributed by atoms with Crippen molar-refractivity contribution in [2.75, 3.05) is 13.2 Å². The van der Waals surface area contributed by atoms with E-state index >= 15 is 0 Å². The maximum absolute atomic E-state index is 12.7. The van der Waals surface area contributed by atoms with E-state index in [9.17, 15) is 14.7 Å². The highest BCUT2D eigenvalue weighted by atomic mass is 35.5. The van der Waals surface area contributed by atoms with Gasteiger partial charge in [-0.2, -0.15) is 0 Å². The van der Waals surface area contributed by atoms with Crippen LogP contribution in [0.25, 0.3) is 33.5 Å². The molecule has 0 unspecified atom stereocenters. The number of nitrogens with zero attached hydrogens (tertiary/aromatic N) is 1. The smallest absolute Gasteiger partial charge is 0.255 e. The molecule has 0 radical (unpaired) electrons. The monoisotopic (exact) mass is 476 g/mol. The summed E-state index contributed by atoms with van der Waals surface area (Å²) in [6, 6.07) is 11.6. The van der Waals surface area contributed by atoms with Gasteiger partial charge in [-0.25, -0.2) is 4.98 Å². The third kappa shape index (κ3) is 4.20. The SMILES string of the molecule is O=C(NCCC1=CNCN1)c1cc2nc(-c3cc(-c4ccc[nH]c4=O)ccc3O)[nH]c2cc1Cl. The number of benzene rings is 2. The molecule has 0 atom stereocenters. The number of aromatic hydroxyl groups is 1. The second-order valence-electron chi connectivity index (χ2n) is 7.81. The fraction of sp³-hybridized carbons (Fsp3) is 0.125. The standard InChI is InChI=1S/C24H21ClN6O3/c25-18-10-20-19(9-16(18)24(34)28-7-5-14-11-26-12-29-14)30-22(31-20)17-8-13(3-4-21(17)32)15-2-1-6-27-23(15)33/h1-4,6,8-11,26,29,32H,5,7,12H2,(H,27,33)(H,28,34)(H,30,31). The van der Waals surface area contributed by atoms with Gasteiger partial charge in [-0.15, -0.1) is 0 Å². The molecule has 1 aliphatic heterocycles. The van der Waals surface area contributed by atoms with E-state index in [-0.39, 0.29) is 22.2 Å². The minimum Gasteiger partial charge on any atom is -0.507 e. The number of pyridine rings is 1. The molecular formula is C24H21ClN6O3. The Labute approximate surface area is 198 Å². The van der Waals surface area contributed by atoms with Gasteiger partial charge in [0.25, 0.3) is 11.5 Å². The molecule has 0 bridgehead atoms. The lowest BCUT2D eigenvalue weighted by molar-refractivity contribution is 0.0954. The van der Waals surface area contributed by atoms with Crippen molar-refractivity contribution in [3.05, 3.63) is 81.5 Å². The number of fused-ring (bicyclic) bond motifs is 1. The number of amides is 1. The van der Waals surface area contributed by atoms with Crippen molar-refractivity contribution >= 4 is 28.5 Å². The molecular weight excluding hydrogens is 456 g/mol. The number of carbonyl (C=O) groups excluding carboxylic acids is 1.